The molecule has 4 nitrogen and oxygen atoms in total. The zero-order chi connectivity index (χ0) is 20.8. The zero-order valence-corrected chi connectivity index (χ0v) is 16.2. The molecular weight excluding hydrogens is 410 g/mol. The lowest BCUT2D eigenvalue weighted by Gasteiger charge is -2.14. The van der Waals surface area contributed by atoms with Crippen molar-refractivity contribution >= 4 is 35.5 Å². The maximum absolute atomic E-state index is 11.9. The van der Waals surface area contributed by atoms with Gasteiger partial charge in [-0.1, -0.05) is 0 Å². The molecule has 0 radical (unpaired) electrons. The summed E-state index contributed by atoms with van der Waals surface area (Å²) in [4.78, 5) is 21.0. The number of hydrogen-bond acceptors (Lipinski definition) is 6. The number of rotatable bonds is 9. The highest BCUT2D eigenvalue weighted by Gasteiger charge is 2.36. The maximum atomic E-state index is 11.9. The van der Waals surface area contributed by atoms with Crippen LogP contribution in [0.4, 0.5) is 26.3 Å². The van der Waals surface area contributed by atoms with Gasteiger partial charge in [-0.05, 0) is 6.92 Å². The van der Waals surface area contributed by atoms with Crippen molar-refractivity contribution < 1.29 is 45.4 Å². The number of hydrogen-bond donors (Lipinski definition) is 0. The van der Waals surface area contributed by atoms with Crippen LogP contribution in [0, 0.1) is 0 Å². The summed E-state index contributed by atoms with van der Waals surface area (Å²) >= 11 is 1.80. The summed E-state index contributed by atoms with van der Waals surface area (Å²) in [6.07, 6.45) is -8.92. The Morgan fingerprint density at radius 3 is 1.73 bits per heavy atom. The van der Waals surface area contributed by atoms with E-state index >= 15 is 0 Å². The van der Waals surface area contributed by atoms with Crippen molar-refractivity contribution in [1.29, 1.82) is 0 Å². The number of carbonyl (C=O) groups excluding carboxylic acids is 2. The number of carbonyl (C=O) groups is 2. The Kier molecular flexibility index (Phi) is 15.1. The van der Waals surface area contributed by atoms with Gasteiger partial charge in [0.25, 0.3) is 0 Å². The molecule has 0 heterocycles. The highest BCUT2D eigenvalue weighted by atomic mass is 32.2. The summed E-state index contributed by atoms with van der Waals surface area (Å²) in [5.74, 6) is -0.363. The molecule has 0 aromatic heterocycles. The van der Waals surface area contributed by atoms with Gasteiger partial charge in [0.2, 0.25) is 0 Å². The van der Waals surface area contributed by atoms with E-state index in [0.717, 1.165) is 18.7 Å². The van der Waals surface area contributed by atoms with E-state index < -0.39 is 30.0 Å². The van der Waals surface area contributed by atoms with Crippen LogP contribution in [0.5, 0.6) is 0 Å². The first-order valence-corrected chi connectivity index (χ1v) is 9.50. The molecule has 0 spiro atoms. The molecule has 0 aliphatic rings. The van der Waals surface area contributed by atoms with Crippen molar-refractivity contribution in [3.63, 3.8) is 0 Å². The normalized spacial score (nSPS) is 12.7. The average Bonchev–Trinajstić information content (AvgIpc) is 2.52. The van der Waals surface area contributed by atoms with Crippen molar-refractivity contribution in [2.45, 2.75) is 43.8 Å². The van der Waals surface area contributed by atoms with Crippen molar-refractivity contribution in [2.75, 3.05) is 31.5 Å². The van der Waals surface area contributed by atoms with Crippen LogP contribution in [-0.2, 0) is 19.1 Å². The smallest absolute Gasteiger partial charge is 0.400 e. The molecule has 1 atom stereocenters. The highest BCUT2D eigenvalue weighted by Crippen LogP contribution is 2.30. The van der Waals surface area contributed by atoms with Crippen LogP contribution in [0.1, 0.15) is 26.2 Å². The first-order valence-electron chi connectivity index (χ1n) is 7.30. The first-order chi connectivity index (χ1) is 11.8. The minimum atomic E-state index is -4.19. The lowest BCUT2D eigenvalue weighted by Crippen LogP contribution is -2.22. The van der Waals surface area contributed by atoms with Crippen LogP contribution in [0.25, 0.3) is 0 Å². The molecule has 0 saturated heterocycles. The third-order valence-electron chi connectivity index (χ3n) is 2.57. The topological polar surface area (TPSA) is 52.6 Å². The molecule has 156 valence electrons. The van der Waals surface area contributed by atoms with Gasteiger partial charge in [0.1, 0.15) is 0 Å². The Morgan fingerprint density at radius 1 is 0.885 bits per heavy atom. The van der Waals surface area contributed by atoms with E-state index in [1.165, 1.54) is 14.2 Å². The summed E-state index contributed by atoms with van der Waals surface area (Å²) in [7, 11) is 2.46. The number of esters is 2. The second-order valence-corrected chi connectivity index (χ2v) is 7.36. The largest absolute Gasteiger partial charge is 0.469 e. The van der Waals surface area contributed by atoms with Crippen molar-refractivity contribution in [2.24, 2.45) is 0 Å². The summed E-state index contributed by atoms with van der Waals surface area (Å²) in [6.45, 7) is 1.07. The fourth-order valence-corrected chi connectivity index (χ4v) is 2.78. The van der Waals surface area contributed by atoms with Gasteiger partial charge in [-0.3, -0.25) is 9.59 Å². The van der Waals surface area contributed by atoms with E-state index in [2.05, 4.69) is 9.47 Å². The van der Waals surface area contributed by atoms with E-state index in [0.29, 0.717) is 17.5 Å². The molecule has 0 fully saturated rings. The molecule has 0 aliphatic carbocycles. The minimum absolute atomic E-state index is 0.000490. The zero-order valence-electron chi connectivity index (χ0n) is 14.5. The van der Waals surface area contributed by atoms with Crippen LogP contribution in [0.3, 0.4) is 0 Å². The number of alkyl halides is 6. The van der Waals surface area contributed by atoms with Crippen LogP contribution < -0.4 is 0 Å². The van der Waals surface area contributed by atoms with Crippen LogP contribution in [0.15, 0.2) is 0 Å². The number of methoxy groups -OCH3 is 2. The number of halogens is 6. The molecule has 0 saturated carbocycles. The van der Waals surface area contributed by atoms with Crippen LogP contribution >= 0.6 is 23.5 Å². The van der Waals surface area contributed by atoms with Gasteiger partial charge in [-0.25, -0.2) is 0 Å². The van der Waals surface area contributed by atoms with E-state index in [1.807, 2.05) is 0 Å². The summed E-state index contributed by atoms with van der Waals surface area (Å²) in [5.41, 5.74) is 0. The summed E-state index contributed by atoms with van der Waals surface area (Å²) < 4.78 is 79.2. The Labute approximate surface area is 156 Å². The fraction of sp³-hybridized carbons (Fsp3) is 0.857. The maximum Gasteiger partial charge on any atom is 0.400 e. The monoisotopic (exact) mass is 432 g/mol. The Bertz CT molecular complexity index is 402. The van der Waals surface area contributed by atoms with Crippen molar-refractivity contribution in [1.82, 2.24) is 0 Å². The Hall–Kier alpha value is -0.780. The second-order valence-electron chi connectivity index (χ2n) is 4.68. The van der Waals surface area contributed by atoms with E-state index in [-0.39, 0.29) is 30.3 Å². The number of ether oxygens (including phenoxy) is 2. The lowest BCUT2D eigenvalue weighted by molar-refractivity contribution is -0.141. The van der Waals surface area contributed by atoms with E-state index in [9.17, 15) is 35.9 Å². The summed E-state index contributed by atoms with van der Waals surface area (Å²) in [5, 5.41) is -1.43. The molecular formula is C14H22F6O4S2. The third-order valence-corrected chi connectivity index (χ3v) is 4.76. The van der Waals surface area contributed by atoms with E-state index in [1.54, 1.807) is 0 Å². The predicted octanol–water partition coefficient (Wildman–Crippen LogP) is 4.47. The molecule has 26 heavy (non-hydrogen) atoms. The van der Waals surface area contributed by atoms with Crippen LogP contribution in [0.2, 0.25) is 0 Å². The second kappa shape index (κ2) is 14.3. The van der Waals surface area contributed by atoms with Gasteiger partial charge >= 0.3 is 24.3 Å². The molecule has 0 rings (SSSR count). The summed E-state index contributed by atoms with van der Waals surface area (Å²) in [6, 6.07) is 0. The van der Waals surface area contributed by atoms with Crippen molar-refractivity contribution in [3.05, 3.63) is 0 Å². The Morgan fingerprint density at radius 2 is 1.35 bits per heavy atom. The molecule has 12 heteroatoms. The molecule has 1 unspecified atom stereocenters. The molecule has 0 N–H and O–H groups in total. The van der Waals surface area contributed by atoms with Gasteiger partial charge in [-0.15, -0.1) is 11.8 Å². The standard InChI is InChI=1S/2C7H11F3O2S/c1-5(7(8,9)10)13-4-3-6(11)12-2;1-12-6(11)2-4-13-5-3-7(8,9)10/h5H,3-4H2,1-2H3;2-5H2,1H3. The molecule has 0 aromatic rings. The number of thioether (sulfide) groups is 2. The van der Waals surface area contributed by atoms with Gasteiger partial charge in [0.15, 0.2) is 0 Å². The van der Waals surface area contributed by atoms with Crippen molar-refractivity contribution in [3.8, 4) is 0 Å². The van der Waals surface area contributed by atoms with Gasteiger partial charge in [0, 0.05) is 17.3 Å². The molecule has 0 bridgehead atoms. The average molecular weight is 432 g/mol. The third kappa shape index (κ3) is 19.5. The SMILES string of the molecule is COC(=O)CCSC(C)C(F)(F)F.COC(=O)CCSCCC(F)(F)F. The van der Waals surface area contributed by atoms with Gasteiger partial charge in [0.05, 0.1) is 38.7 Å². The molecule has 0 aliphatic heterocycles. The Balaban J connectivity index is 0. The van der Waals surface area contributed by atoms with Gasteiger partial charge < -0.3 is 9.47 Å². The predicted molar refractivity (Wildman–Crippen MR) is 89.2 cm³/mol. The minimum Gasteiger partial charge on any atom is -0.469 e. The first kappa shape index (κ1) is 27.4. The lowest BCUT2D eigenvalue weighted by atomic mass is 10.5. The molecule has 0 amide bonds. The fourth-order valence-electron chi connectivity index (χ4n) is 1.06. The van der Waals surface area contributed by atoms with Crippen LogP contribution in [-0.4, -0.2) is 61.0 Å². The van der Waals surface area contributed by atoms with E-state index in [4.69, 9.17) is 0 Å². The quantitative estimate of drug-likeness (QED) is 0.305. The molecule has 0 aromatic carbocycles. The highest BCUT2D eigenvalue weighted by molar-refractivity contribution is 8.00. The van der Waals surface area contributed by atoms with Gasteiger partial charge in [-0.2, -0.15) is 38.1 Å².